The van der Waals surface area contributed by atoms with Gasteiger partial charge < -0.3 is 10.6 Å². The Balaban J connectivity index is 1.67. The van der Waals surface area contributed by atoms with E-state index < -0.39 is 0 Å². The van der Waals surface area contributed by atoms with Gasteiger partial charge in [-0.2, -0.15) is 0 Å². The molecular formula is C23H33N3. The second kappa shape index (κ2) is 7.50. The van der Waals surface area contributed by atoms with Gasteiger partial charge in [-0.25, -0.2) is 0 Å². The molecule has 3 heteroatoms. The third-order valence-corrected chi connectivity index (χ3v) is 5.27. The van der Waals surface area contributed by atoms with Crippen LogP contribution in [0.25, 0.3) is 0 Å². The summed E-state index contributed by atoms with van der Waals surface area (Å²) in [4.78, 5) is 4.67. The molecule has 1 heterocycles. The van der Waals surface area contributed by atoms with E-state index in [1.807, 2.05) is 6.20 Å². The Kier molecular flexibility index (Phi) is 5.50. The van der Waals surface area contributed by atoms with Gasteiger partial charge in [0.25, 0.3) is 0 Å². The van der Waals surface area contributed by atoms with E-state index in [1.54, 1.807) is 0 Å². The van der Waals surface area contributed by atoms with Crippen molar-refractivity contribution < 1.29 is 0 Å². The van der Waals surface area contributed by atoms with Crippen LogP contribution < -0.4 is 10.6 Å². The van der Waals surface area contributed by atoms with Crippen molar-refractivity contribution >= 4 is 0 Å². The van der Waals surface area contributed by atoms with Gasteiger partial charge in [0.1, 0.15) is 0 Å². The van der Waals surface area contributed by atoms with Crippen LogP contribution in [-0.4, -0.2) is 17.1 Å². The third-order valence-electron chi connectivity index (χ3n) is 5.27. The Morgan fingerprint density at radius 1 is 1.08 bits per heavy atom. The molecule has 0 spiro atoms. The summed E-state index contributed by atoms with van der Waals surface area (Å²) in [5, 5.41) is 7.50. The highest BCUT2D eigenvalue weighted by Gasteiger charge is 2.45. The lowest BCUT2D eigenvalue weighted by Crippen LogP contribution is -2.43. The first-order valence-corrected chi connectivity index (χ1v) is 9.87. The predicted octanol–water partition coefficient (Wildman–Crippen LogP) is 4.52. The van der Waals surface area contributed by atoms with Gasteiger partial charge in [-0.15, -0.1) is 0 Å². The Hall–Kier alpha value is -1.71. The van der Waals surface area contributed by atoms with E-state index in [-0.39, 0.29) is 11.1 Å². The molecule has 1 aliphatic carbocycles. The highest BCUT2D eigenvalue weighted by atomic mass is 15.1. The molecule has 0 bridgehead atoms. The molecule has 0 amide bonds. The van der Waals surface area contributed by atoms with Crippen LogP contribution in [0.1, 0.15) is 64.3 Å². The smallest absolute Gasteiger partial charge is 0.0612 e. The lowest BCUT2D eigenvalue weighted by Gasteiger charge is -2.31. The van der Waals surface area contributed by atoms with Crippen molar-refractivity contribution in [2.45, 2.75) is 77.0 Å². The van der Waals surface area contributed by atoms with E-state index >= 15 is 0 Å². The van der Waals surface area contributed by atoms with E-state index in [0.29, 0.717) is 12.1 Å². The Morgan fingerprint density at radius 3 is 2.38 bits per heavy atom. The summed E-state index contributed by atoms with van der Waals surface area (Å²) in [6.07, 6.45) is 5.36. The van der Waals surface area contributed by atoms with Crippen LogP contribution in [-0.2, 0) is 17.5 Å². The minimum atomic E-state index is -0.0482. The zero-order chi connectivity index (χ0) is 18.8. The van der Waals surface area contributed by atoms with Crippen LogP contribution >= 0.6 is 0 Å². The molecule has 3 nitrogen and oxygen atoms in total. The fourth-order valence-corrected chi connectivity index (χ4v) is 3.97. The van der Waals surface area contributed by atoms with E-state index in [1.165, 1.54) is 29.7 Å². The molecule has 0 radical (unpaired) electrons. The van der Waals surface area contributed by atoms with Crippen molar-refractivity contribution in [3.8, 4) is 0 Å². The molecule has 26 heavy (non-hydrogen) atoms. The number of aromatic nitrogens is 1. The molecule has 2 N–H and O–H groups in total. The van der Waals surface area contributed by atoms with Crippen LogP contribution in [0.4, 0.5) is 0 Å². The maximum Gasteiger partial charge on any atom is 0.0612 e. The summed E-state index contributed by atoms with van der Waals surface area (Å²) in [6, 6.07) is 16.0. The second-order valence-electron chi connectivity index (χ2n) is 8.67. The lowest BCUT2D eigenvalue weighted by molar-refractivity contribution is 0.351. The van der Waals surface area contributed by atoms with Gasteiger partial charge in [-0.05, 0) is 77.1 Å². The molecule has 1 unspecified atom stereocenters. The van der Waals surface area contributed by atoms with Gasteiger partial charge >= 0.3 is 0 Å². The minimum Gasteiger partial charge on any atom is -0.305 e. The first-order chi connectivity index (χ1) is 12.3. The quantitative estimate of drug-likeness (QED) is 0.734. The second-order valence-corrected chi connectivity index (χ2v) is 8.67. The summed E-state index contributed by atoms with van der Waals surface area (Å²) in [6.45, 7) is 11.2. The van der Waals surface area contributed by atoms with Gasteiger partial charge in [0.2, 0.25) is 0 Å². The van der Waals surface area contributed by atoms with Crippen molar-refractivity contribution in [2.24, 2.45) is 0 Å². The molecule has 1 aromatic carbocycles. The van der Waals surface area contributed by atoms with Gasteiger partial charge in [0.15, 0.2) is 0 Å². The largest absolute Gasteiger partial charge is 0.305 e. The van der Waals surface area contributed by atoms with Crippen molar-refractivity contribution in [3.63, 3.8) is 0 Å². The number of hydrogen-bond donors (Lipinski definition) is 2. The molecule has 1 saturated carbocycles. The van der Waals surface area contributed by atoms with E-state index in [9.17, 15) is 0 Å². The normalized spacial score (nSPS) is 17.3. The summed E-state index contributed by atoms with van der Waals surface area (Å²) in [5.41, 5.74) is 3.95. The summed E-state index contributed by atoms with van der Waals surface area (Å²) < 4.78 is 0. The summed E-state index contributed by atoms with van der Waals surface area (Å²) in [5.74, 6) is 0. The standard InChI is InChI=1S/C23H33N3/c1-17(2)25-23(12-13-23)21-16-19(11-14-24-21)15-18(3)26-22(4,5)20-9-7-6-8-10-20/h6-11,14,16-18,25-26H,12-13,15H2,1-5H3. The van der Waals surface area contributed by atoms with Crippen LogP contribution in [0.2, 0.25) is 0 Å². The molecule has 1 fully saturated rings. The highest BCUT2D eigenvalue weighted by molar-refractivity contribution is 5.28. The molecule has 1 aliphatic rings. The van der Waals surface area contributed by atoms with Crippen molar-refractivity contribution in [1.82, 2.24) is 15.6 Å². The fraction of sp³-hybridized carbons (Fsp3) is 0.522. The lowest BCUT2D eigenvalue weighted by atomic mass is 9.92. The van der Waals surface area contributed by atoms with Gasteiger partial charge in [0, 0.05) is 23.8 Å². The highest BCUT2D eigenvalue weighted by Crippen LogP contribution is 2.45. The molecule has 0 saturated heterocycles. The molecule has 3 rings (SSSR count). The van der Waals surface area contributed by atoms with Crippen LogP contribution in [0.3, 0.4) is 0 Å². The molecule has 1 aromatic heterocycles. The van der Waals surface area contributed by atoms with Gasteiger partial charge in [0.05, 0.1) is 11.2 Å². The zero-order valence-corrected chi connectivity index (χ0v) is 16.8. The number of nitrogens with one attached hydrogen (secondary N) is 2. The van der Waals surface area contributed by atoms with Gasteiger partial charge in [-0.3, -0.25) is 4.98 Å². The van der Waals surface area contributed by atoms with E-state index in [0.717, 1.165) is 6.42 Å². The van der Waals surface area contributed by atoms with Crippen molar-refractivity contribution in [3.05, 3.63) is 65.5 Å². The SMILES string of the molecule is CC(C)NC1(c2cc(CC(C)NC(C)(C)c3ccccc3)ccn2)CC1. The molecule has 140 valence electrons. The number of hydrogen-bond acceptors (Lipinski definition) is 3. The zero-order valence-electron chi connectivity index (χ0n) is 16.8. The molecular weight excluding hydrogens is 318 g/mol. The predicted molar refractivity (Wildman–Crippen MR) is 109 cm³/mol. The van der Waals surface area contributed by atoms with Crippen molar-refractivity contribution in [1.29, 1.82) is 0 Å². The minimum absolute atomic E-state index is 0.0482. The maximum absolute atomic E-state index is 4.67. The average Bonchev–Trinajstić information content (AvgIpc) is 3.35. The molecule has 1 atom stereocenters. The summed E-state index contributed by atoms with van der Waals surface area (Å²) in [7, 11) is 0. The van der Waals surface area contributed by atoms with E-state index in [2.05, 4.69) is 92.7 Å². The first kappa shape index (κ1) is 19.1. The van der Waals surface area contributed by atoms with Gasteiger partial charge in [-0.1, -0.05) is 30.3 Å². The number of nitrogens with zero attached hydrogens (tertiary/aromatic N) is 1. The Labute approximate surface area is 158 Å². The topological polar surface area (TPSA) is 37.0 Å². The maximum atomic E-state index is 4.67. The Bertz CT molecular complexity index is 717. The average molecular weight is 352 g/mol. The van der Waals surface area contributed by atoms with Crippen LogP contribution in [0.15, 0.2) is 48.7 Å². The summed E-state index contributed by atoms with van der Waals surface area (Å²) >= 11 is 0. The fourth-order valence-electron chi connectivity index (χ4n) is 3.97. The monoisotopic (exact) mass is 351 g/mol. The van der Waals surface area contributed by atoms with E-state index in [4.69, 9.17) is 0 Å². The number of pyridine rings is 1. The van der Waals surface area contributed by atoms with Crippen LogP contribution in [0, 0.1) is 0 Å². The number of rotatable bonds is 8. The van der Waals surface area contributed by atoms with Crippen molar-refractivity contribution in [2.75, 3.05) is 0 Å². The Morgan fingerprint density at radius 2 is 1.77 bits per heavy atom. The van der Waals surface area contributed by atoms with Crippen LogP contribution in [0.5, 0.6) is 0 Å². The molecule has 2 aromatic rings. The molecule has 0 aliphatic heterocycles. The third kappa shape index (κ3) is 4.52. The first-order valence-electron chi connectivity index (χ1n) is 9.87. The number of benzene rings is 1.